The summed E-state index contributed by atoms with van der Waals surface area (Å²) in [6, 6.07) is 5.74. The van der Waals surface area contributed by atoms with Crippen LogP contribution in [0.2, 0.25) is 0 Å². The highest BCUT2D eigenvalue weighted by Crippen LogP contribution is 2.33. The van der Waals surface area contributed by atoms with Crippen molar-refractivity contribution in [2.24, 2.45) is 5.16 Å². The smallest absolute Gasteiger partial charge is 0.253 e. The lowest BCUT2D eigenvalue weighted by molar-refractivity contribution is -0.0568. The number of piperidine rings is 1. The summed E-state index contributed by atoms with van der Waals surface area (Å²) in [5, 5.41) is 3.88. The van der Waals surface area contributed by atoms with Crippen molar-refractivity contribution in [2.45, 2.75) is 31.8 Å². The largest absolute Gasteiger partial charge is 0.389 e. The molecule has 0 unspecified atom stereocenters. The Morgan fingerprint density at radius 2 is 2.15 bits per heavy atom. The molecule has 5 heteroatoms. The van der Waals surface area contributed by atoms with E-state index in [1.165, 1.54) is 0 Å². The molecule has 4 nitrogen and oxygen atoms in total. The number of oxime groups is 1. The molecule has 0 bridgehead atoms. The summed E-state index contributed by atoms with van der Waals surface area (Å²) in [6.45, 7) is 3.46. The molecule has 0 N–H and O–H groups in total. The SMILES string of the molecule is Cc1cc(C(=O)N2CCC3(CC=NO3)CC2)ccc1Br. The number of halogens is 1. The van der Waals surface area contributed by atoms with Crippen LogP contribution >= 0.6 is 15.9 Å². The number of benzene rings is 1. The van der Waals surface area contributed by atoms with Crippen molar-refractivity contribution in [3.63, 3.8) is 0 Å². The maximum absolute atomic E-state index is 12.5. The molecule has 1 saturated heterocycles. The Labute approximate surface area is 126 Å². The second-order valence-electron chi connectivity index (χ2n) is 5.52. The van der Waals surface area contributed by atoms with Gasteiger partial charge in [0.1, 0.15) is 5.60 Å². The van der Waals surface area contributed by atoms with Crippen molar-refractivity contribution >= 4 is 28.1 Å². The molecule has 106 valence electrons. The van der Waals surface area contributed by atoms with Crippen molar-refractivity contribution in [3.05, 3.63) is 33.8 Å². The molecule has 0 radical (unpaired) electrons. The van der Waals surface area contributed by atoms with Gasteiger partial charge in [-0.1, -0.05) is 21.1 Å². The topological polar surface area (TPSA) is 41.9 Å². The van der Waals surface area contributed by atoms with Crippen LogP contribution in [0.3, 0.4) is 0 Å². The number of aryl methyl sites for hydroxylation is 1. The second kappa shape index (κ2) is 5.20. The third-order valence-electron chi connectivity index (χ3n) is 4.15. The maximum Gasteiger partial charge on any atom is 0.253 e. The van der Waals surface area contributed by atoms with E-state index < -0.39 is 0 Å². The first-order valence-corrected chi connectivity index (χ1v) is 7.64. The van der Waals surface area contributed by atoms with E-state index >= 15 is 0 Å². The maximum atomic E-state index is 12.5. The Hall–Kier alpha value is -1.36. The van der Waals surface area contributed by atoms with E-state index in [0.29, 0.717) is 0 Å². The summed E-state index contributed by atoms with van der Waals surface area (Å²) in [4.78, 5) is 19.9. The average Bonchev–Trinajstić information content (AvgIpc) is 2.90. The van der Waals surface area contributed by atoms with Gasteiger partial charge in [-0.05, 0) is 30.7 Å². The molecule has 3 rings (SSSR count). The quantitative estimate of drug-likeness (QED) is 0.790. The van der Waals surface area contributed by atoms with Crippen LogP contribution < -0.4 is 0 Å². The lowest BCUT2D eigenvalue weighted by atomic mass is 9.89. The fraction of sp³-hybridized carbons (Fsp3) is 0.467. The van der Waals surface area contributed by atoms with Gasteiger partial charge in [0.2, 0.25) is 0 Å². The zero-order valence-corrected chi connectivity index (χ0v) is 13.0. The van der Waals surface area contributed by atoms with Crippen LogP contribution in [0.5, 0.6) is 0 Å². The molecule has 0 saturated carbocycles. The van der Waals surface area contributed by atoms with Gasteiger partial charge in [0.25, 0.3) is 5.91 Å². The summed E-state index contributed by atoms with van der Waals surface area (Å²) in [6.07, 6.45) is 4.41. The van der Waals surface area contributed by atoms with E-state index in [-0.39, 0.29) is 11.5 Å². The zero-order valence-electron chi connectivity index (χ0n) is 11.4. The highest BCUT2D eigenvalue weighted by molar-refractivity contribution is 9.10. The van der Waals surface area contributed by atoms with E-state index in [1.807, 2.05) is 36.2 Å². The first-order chi connectivity index (χ1) is 9.60. The van der Waals surface area contributed by atoms with E-state index in [4.69, 9.17) is 4.84 Å². The Morgan fingerprint density at radius 1 is 1.40 bits per heavy atom. The number of nitrogens with zero attached hydrogens (tertiary/aromatic N) is 2. The molecule has 2 aliphatic rings. The molecular weight excluding hydrogens is 320 g/mol. The fourth-order valence-corrected chi connectivity index (χ4v) is 3.01. The minimum atomic E-state index is -0.146. The molecule has 0 atom stereocenters. The highest BCUT2D eigenvalue weighted by atomic mass is 79.9. The Balaban J connectivity index is 1.68. The number of amides is 1. The van der Waals surface area contributed by atoms with Gasteiger partial charge in [-0.3, -0.25) is 4.79 Å². The van der Waals surface area contributed by atoms with E-state index in [1.54, 1.807) is 0 Å². The van der Waals surface area contributed by atoms with Crippen molar-refractivity contribution < 1.29 is 9.63 Å². The van der Waals surface area contributed by atoms with Gasteiger partial charge >= 0.3 is 0 Å². The van der Waals surface area contributed by atoms with Crippen LogP contribution in [-0.4, -0.2) is 35.7 Å². The van der Waals surface area contributed by atoms with Gasteiger partial charge in [0.05, 0.1) is 0 Å². The van der Waals surface area contributed by atoms with Crippen LogP contribution in [0.15, 0.2) is 27.8 Å². The van der Waals surface area contributed by atoms with Crippen LogP contribution in [0.1, 0.15) is 35.2 Å². The van der Waals surface area contributed by atoms with Gasteiger partial charge < -0.3 is 9.74 Å². The molecule has 0 aliphatic carbocycles. The number of hydrogen-bond donors (Lipinski definition) is 0. The van der Waals surface area contributed by atoms with Crippen LogP contribution in [-0.2, 0) is 4.84 Å². The first kappa shape index (κ1) is 13.6. The minimum absolute atomic E-state index is 0.106. The molecule has 1 amide bonds. The standard InChI is InChI=1S/C15H17BrN2O2/c1-11-10-12(2-3-13(11)16)14(19)18-8-5-15(6-9-18)4-7-17-20-15/h2-3,7,10H,4-6,8-9H2,1H3. The molecule has 1 aromatic carbocycles. The highest BCUT2D eigenvalue weighted by Gasteiger charge is 2.40. The number of rotatable bonds is 1. The molecule has 1 fully saturated rings. The van der Waals surface area contributed by atoms with Crippen molar-refractivity contribution in [1.82, 2.24) is 4.90 Å². The minimum Gasteiger partial charge on any atom is -0.389 e. The van der Waals surface area contributed by atoms with Gasteiger partial charge in [0.15, 0.2) is 0 Å². The summed E-state index contributed by atoms with van der Waals surface area (Å²) in [5.41, 5.74) is 1.69. The molecular formula is C15H17BrN2O2. The summed E-state index contributed by atoms with van der Waals surface area (Å²) in [7, 11) is 0. The van der Waals surface area contributed by atoms with E-state index in [2.05, 4.69) is 21.1 Å². The lowest BCUT2D eigenvalue weighted by Gasteiger charge is -2.37. The summed E-state index contributed by atoms with van der Waals surface area (Å²) < 4.78 is 1.03. The van der Waals surface area contributed by atoms with Gasteiger partial charge in [0, 0.05) is 48.6 Å². The molecule has 1 spiro atoms. The van der Waals surface area contributed by atoms with E-state index in [9.17, 15) is 4.79 Å². The van der Waals surface area contributed by atoms with Crippen molar-refractivity contribution in [1.29, 1.82) is 0 Å². The fourth-order valence-electron chi connectivity index (χ4n) is 2.76. The molecule has 1 aromatic rings. The third-order valence-corrected chi connectivity index (χ3v) is 5.04. The molecule has 20 heavy (non-hydrogen) atoms. The van der Waals surface area contributed by atoms with Crippen molar-refractivity contribution in [3.8, 4) is 0 Å². The number of hydrogen-bond acceptors (Lipinski definition) is 3. The first-order valence-electron chi connectivity index (χ1n) is 6.85. The average molecular weight is 337 g/mol. The van der Waals surface area contributed by atoms with Crippen LogP contribution in [0, 0.1) is 6.92 Å². The Morgan fingerprint density at radius 3 is 2.75 bits per heavy atom. The van der Waals surface area contributed by atoms with Crippen molar-refractivity contribution in [2.75, 3.05) is 13.1 Å². The molecule has 2 heterocycles. The molecule has 0 aromatic heterocycles. The second-order valence-corrected chi connectivity index (χ2v) is 6.38. The monoisotopic (exact) mass is 336 g/mol. The Kier molecular flexibility index (Phi) is 3.54. The van der Waals surface area contributed by atoms with Gasteiger partial charge in [-0.15, -0.1) is 0 Å². The number of likely N-dealkylation sites (tertiary alicyclic amines) is 1. The van der Waals surface area contributed by atoms with E-state index in [0.717, 1.165) is 48.0 Å². The summed E-state index contributed by atoms with van der Waals surface area (Å²) >= 11 is 3.46. The third kappa shape index (κ3) is 2.46. The van der Waals surface area contributed by atoms with Crippen LogP contribution in [0.4, 0.5) is 0 Å². The Bertz CT molecular complexity index is 553. The van der Waals surface area contributed by atoms with Gasteiger partial charge in [-0.2, -0.15) is 0 Å². The van der Waals surface area contributed by atoms with Gasteiger partial charge in [-0.25, -0.2) is 0 Å². The predicted molar refractivity (Wildman–Crippen MR) is 80.9 cm³/mol. The zero-order chi connectivity index (χ0) is 14.2. The lowest BCUT2D eigenvalue weighted by Crippen LogP contribution is -2.46. The summed E-state index contributed by atoms with van der Waals surface area (Å²) in [5.74, 6) is 0.106. The normalized spacial score (nSPS) is 20.2. The van der Waals surface area contributed by atoms with Crippen LogP contribution in [0.25, 0.3) is 0 Å². The number of carbonyl (C=O) groups is 1. The number of carbonyl (C=O) groups excluding carboxylic acids is 1. The predicted octanol–water partition coefficient (Wildman–Crippen LogP) is 3.14. The molecule has 2 aliphatic heterocycles.